The van der Waals surface area contributed by atoms with E-state index in [-0.39, 0.29) is 22.4 Å². The predicted molar refractivity (Wildman–Crippen MR) is 73.9 cm³/mol. The van der Waals surface area contributed by atoms with E-state index in [1.54, 1.807) is 0 Å². The summed E-state index contributed by atoms with van der Waals surface area (Å²) < 4.78 is 0. The van der Waals surface area contributed by atoms with Gasteiger partial charge in [-0.05, 0) is 19.4 Å². The Hall–Kier alpha value is -1.73. The highest BCUT2D eigenvalue weighted by molar-refractivity contribution is 6.32. The molecule has 0 aliphatic carbocycles. The van der Waals surface area contributed by atoms with Crippen molar-refractivity contribution < 1.29 is 9.72 Å². The van der Waals surface area contributed by atoms with Crippen LogP contribution in [0.4, 0.5) is 5.69 Å². The summed E-state index contributed by atoms with van der Waals surface area (Å²) in [6.07, 6.45) is 4.31. The van der Waals surface area contributed by atoms with E-state index in [1.165, 1.54) is 0 Å². The molecule has 1 aliphatic heterocycles. The molecule has 0 spiro atoms. The molecule has 1 amide bonds. The Kier molecular flexibility index (Phi) is 4.86. The Morgan fingerprint density at radius 3 is 3.05 bits per heavy atom. The van der Waals surface area contributed by atoms with Crippen LogP contribution in [0, 0.1) is 10.1 Å². The summed E-state index contributed by atoms with van der Waals surface area (Å²) in [5.41, 5.74) is -0.230. The van der Waals surface area contributed by atoms with Gasteiger partial charge in [0, 0.05) is 18.7 Å². The molecule has 0 aromatic carbocycles. The van der Waals surface area contributed by atoms with E-state index in [4.69, 9.17) is 11.6 Å². The van der Waals surface area contributed by atoms with Gasteiger partial charge in [-0.2, -0.15) is 0 Å². The number of halogens is 1. The monoisotopic (exact) mass is 298 g/mol. The van der Waals surface area contributed by atoms with E-state index in [2.05, 4.69) is 15.6 Å². The third kappa shape index (κ3) is 3.64. The van der Waals surface area contributed by atoms with Crippen LogP contribution in [0.2, 0.25) is 5.15 Å². The van der Waals surface area contributed by atoms with Crippen LogP contribution in [0.25, 0.3) is 0 Å². The fourth-order valence-corrected chi connectivity index (χ4v) is 2.29. The van der Waals surface area contributed by atoms with Gasteiger partial charge in [0.05, 0.1) is 10.5 Å². The molecule has 1 aliphatic rings. The number of aromatic nitrogens is 1. The molecule has 2 heterocycles. The highest BCUT2D eigenvalue weighted by Crippen LogP contribution is 2.19. The molecule has 108 valence electrons. The fraction of sp³-hybridized carbons (Fsp3) is 0.500. The molecule has 2 rings (SSSR count). The molecule has 0 radical (unpaired) electrons. The Morgan fingerprint density at radius 1 is 1.60 bits per heavy atom. The van der Waals surface area contributed by atoms with Crippen molar-refractivity contribution in [3.05, 3.63) is 33.1 Å². The van der Waals surface area contributed by atoms with Crippen molar-refractivity contribution in [2.45, 2.75) is 25.3 Å². The maximum absolute atomic E-state index is 12.0. The number of nitrogens with one attached hydrogen (secondary N) is 2. The maximum Gasteiger partial charge on any atom is 0.288 e. The van der Waals surface area contributed by atoms with E-state index >= 15 is 0 Å². The molecule has 1 saturated heterocycles. The molecule has 8 heteroatoms. The van der Waals surface area contributed by atoms with Crippen LogP contribution in [-0.2, 0) is 0 Å². The highest BCUT2D eigenvalue weighted by Gasteiger charge is 2.19. The van der Waals surface area contributed by atoms with Crippen molar-refractivity contribution in [1.82, 2.24) is 15.6 Å². The molecule has 1 aromatic heterocycles. The van der Waals surface area contributed by atoms with Crippen molar-refractivity contribution in [3.8, 4) is 0 Å². The summed E-state index contributed by atoms with van der Waals surface area (Å²) in [6.45, 7) is 1.41. The summed E-state index contributed by atoms with van der Waals surface area (Å²) in [4.78, 5) is 25.7. The van der Waals surface area contributed by atoms with Crippen molar-refractivity contribution >= 4 is 23.2 Å². The van der Waals surface area contributed by atoms with E-state index in [0.717, 1.165) is 38.1 Å². The molecule has 1 aromatic rings. The van der Waals surface area contributed by atoms with Crippen LogP contribution >= 0.6 is 11.6 Å². The zero-order valence-corrected chi connectivity index (χ0v) is 11.5. The summed E-state index contributed by atoms with van der Waals surface area (Å²) in [5.74, 6) is -0.446. The van der Waals surface area contributed by atoms with Crippen molar-refractivity contribution in [3.63, 3.8) is 0 Å². The third-order valence-corrected chi connectivity index (χ3v) is 3.50. The first-order valence-corrected chi connectivity index (χ1v) is 6.77. The van der Waals surface area contributed by atoms with E-state index in [0.29, 0.717) is 6.54 Å². The predicted octanol–water partition coefficient (Wildman–Crippen LogP) is 1.52. The quantitative estimate of drug-likeness (QED) is 0.499. The molecule has 2 N–H and O–H groups in total. The molecule has 1 fully saturated rings. The Bertz CT molecular complexity index is 517. The number of carbonyl (C=O) groups excluding carboxylic acids is 1. The number of nitrogens with zero attached hydrogens (tertiary/aromatic N) is 2. The van der Waals surface area contributed by atoms with Crippen LogP contribution in [0.3, 0.4) is 0 Å². The molecular weight excluding hydrogens is 284 g/mol. The number of amides is 1. The summed E-state index contributed by atoms with van der Waals surface area (Å²) in [7, 11) is 0. The van der Waals surface area contributed by atoms with Gasteiger partial charge in [-0.15, -0.1) is 0 Å². The van der Waals surface area contributed by atoms with Gasteiger partial charge >= 0.3 is 0 Å². The number of rotatable bonds is 4. The maximum atomic E-state index is 12.0. The SMILES string of the molecule is O=C(NCC1CCCCN1)c1cc([N+](=O)[O-])cnc1Cl. The lowest BCUT2D eigenvalue weighted by atomic mass is 10.1. The second-order valence-electron chi connectivity index (χ2n) is 4.65. The smallest absolute Gasteiger partial charge is 0.288 e. The molecule has 20 heavy (non-hydrogen) atoms. The fourth-order valence-electron chi connectivity index (χ4n) is 2.11. The average Bonchev–Trinajstić information content (AvgIpc) is 2.46. The van der Waals surface area contributed by atoms with Gasteiger partial charge in [-0.25, -0.2) is 4.98 Å². The lowest BCUT2D eigenvalue weighted by Gasteiger charge is -2.23. The zero-order valence-electron chi connectivity index (χ0n) is 10.8. The lowest BCUT2D eigenvalue weighted by Crippen LogP contribution is -2.43. The van der Waals surface area contributed by atoms with Crippen LogP contribution in [0.5, 0.6) is 0 Å². The van der Waals surface area contributed by atoms with Crippen molar-refractivity contribution in [2.24, 2.45) is 0 Å². The largest absolute Gasteiger partial charge is 0.350 e. The third-order valence-electron chi connectivity index (χ3n) is 3.20. The first-order chi connectivity index (χ1) is 9.58. The number of piperidine rings is 1. The van der Waals surface area contributed by atoms with Crippen molar-refractivity contribution in [2.75, 3.05) is 13.1 Å². The van der Waals surface area contributed by atoms with Crippen LogP contribution < -0.4 is 10.6 Å². The first kappa shape index (κ1) is 14.7. The number of pyridine rings is 1. The van der Waals surface area contributed by atoms with Gasteiger partial charge in [0.1, 0.15) is 11.3 Å². The molecular formula is C12H15ClN4O3. The summed E-state index contributed by atoms with van der Waals surface area (Å²) in [5, 5.41) is 16.7. The minimum atomic E-state index is -0.608. The van der Waals surface area contributed by atoms with Gasteiger partial charge < -0.3 is 10.6 Å². The van der Waals surface area contributed by atoms with Gasteiger partial charge in [0.25, 0.3) is 11.6 Å². The van der Waals surface area contributed by atoms with Gasteiger partial charge in [0.2, 0.25) is 0 Å². The zero-order chi connectivity index (χ0) is 14.5. The van der Waals surface area contributed by atoms with Gasteiger partial charge in [0.15, 0.2) is 0 Å². The Morgan fingerprint density at radius 2 is 2.40 bits per heavy atom. The molecule has 7 nitrogen and oxygen atoms in total. The Labute approximate surface area is 120 Å². The van der Waals surface area contributed by atoms with Crippen molar-refractivity contribution in [1.29, 1.82) is 0 Å². The van der Waals surface area contributed by atoms with E-state index < -0.39 is 10.8 Å². The summed E-state index contributed by atoms with van der Waals surface area (Å²) in [6, 6.07) is 1.37. The van der Waals surface area contributed by atoms with Crippen LogP contribution in [0.15, 0.2) is 12.3 Å². The van der Waals surface area contributed by atoms with Gasteiger partial charge in [-0.1, -0.05) is 18.0 Å². The van der Waals surface area contributed by atoms with E-state index in [1.807, 2.05) is 0 Å². The average molecular weight is 299 g/mol. The summed E-state index contributed by atoms with van der Waals surface area (Å²) >= 11 is 5.81. The Balaban J connectivity index is 2.00. The highest BCUT2D eigenvalue weighted by atomic mass is 35.5. The normalized spacial score (nSPS) is 18.6. The first-order valence-electron chi connectivity index (χ1n) is 6.39. The van der Waals surface area contributed by atoms with Crippen LogP contribution in [-0.4, -0.2) is 34.9 Å². The number of nitro groups is 1. The topological polar surface area (TPSA) is 97.2 Å². The second kappa shape index (κ2) is 6.62. The van der Waals surface area contributed by atoms with Crippen LogP contribution in [0.1, 0.15) is 29.6 Å². The number of hydrogen-bond acceptors (Lipinski definition) is 5. The number of hydrogen-bond donors (Lipinski definition) is 2. The second-order valence-corrected chi connectivity index (χ2v) is 5.00. The minimum absolute atomic E-state index is 0.0247. The molecule has 0 bridgehead atoms. The number of carbonyl (C=O) groups is 1. The minimum Gasteiger partial charge on any atom is -0.350 e. The molecule has 1 atom stereocenters. The van der Waals surface area contributed by atoms with Gasteiger partial charge in [-0.3, -0.25) is 14.9 Å². The molecule has 0 saturated carbocycles. The van der Waals surface area contributed by atoms with E-state index in [9.17, 15) is 14.9 Å². The standard InChI is InChI=1S/C12H15ClN4O3/c13-11-10(5-9(7-15-11)17(19)20)12(18)16-6-8-3-1-2-4-14-8/h5,7-8,14H,1-4,6H2,(H,16,18). The lowest BCUT2D eigenvalue weighted by molar-refractivity contribution is -0.385. The molecule has 1 unspecified atom stereocenters.